The van der Waals surface area contributed by atoms with Crippen LogP contribution in [0.5, 0.6) is 0 Å². The van der Waals surface area contributed by atoms with E-state index < -0.39 is 5.17 Å². The molecular weight excluding hydrogens is 384 g/mol. The predicted octanol–water partition coefficient (Wildman–Crippen LogP) is 4.17. The molecule has 0 aliphatic heterocycles. The molecule has 0 heterocycles. The number of nitrogens with two attached hydrogens (primary N) is 1. The summed E-state index contributed by atoms with van der Waals surface area (Å²) in [5, 5.41) is 15.7. The zero-order chi connectivity index (χ0) is 21.7. The number of hydrogen-bond acceptors (Lipinski definition) is 4. The van der Waals surface area contributed by atoms with Gasteiger partial charge in [-0.2, -0.15) is 0 Å². The number of aliphatic hydroxyl groups excluding tert-OH is 2. The normalized spacial score (nSPS) is 8.33. The van der Waals surface area contributed by atoms with E-state index in [0.29, 0.717) is 13.0 Å². The fourth-order valence-corrected chi connectivity index (χ4v) is 1.73. The molecule has 0 aliphatic rings. The van der Waals surface area contributed by atoms with E-state index in [1.165, 1.54) is 6.42 Å². The van der Waals surface area contributed by atoms with E-state index in [2.05, 4.69) is 44.0 Å². The molecule has 0 amide bonds. The molecule has 0 saturated carbocycles. The van der Waals surface area contributed by atoms with Crippen molar-refractivity contribution in [3.8, 4) is 0 Å². The molecular formula is C19H34N2O4S2. The third-order valence-electron chi connectivity index (χ3n) is 2.53. The molecule has 0 saturated heterocycles. The van der Waals surface area contributed by atoms with E-state index in [1.807, 2.05) is 51.1 Å². The summed E-state index contributed by atoms with van der Waals surface area (Å²) in [5.41, 5.74) is 5.39. The Kier molecular flexibility index (Phi) is 24.4. The number of ether oxygens (including phenoxy) is 1. The number of carbonyl (C=O) groups excluding carboxylic acids is 1. The zero-order valence-corrected chi connectivity index (χ0v) is 18.6. The van der Waals surface area contributed by atoms with Gasteiger partial charge >= 0.3 is 5.97 Å². The Morgan fingerprint density at radius 3 is 1.70 bits per heavy atom. The SMILES string of the molecule is CCC.CCN(CC)C(O)=S.CCOC(=O)Cc1ccccc1.NC(O)=S. The van der Waals surface area contributed by atoms with Crippen LogP contribution in [0.3, 0.4) is 0 Å². The molecule has 0 bridgehead atoms. The monoisotopic (exact) mass is 418 g/mol. The van der Waals surface area contributed by atoms with Crippen molar-refractivity contribution in [2.24, 2.45) is 5.73 Å². The molecule has 4 N–H and O–H groups in total. The maximum Gasteiger partial charge on any atom is 0.310 e. The second kappa shape index (κ2) is 22.1. The van der Waals surface area contributed by atoms with Gasteiger partial charge in [0.1, 0.15) is 0 Å². The molecule has 1 aromatic rings. The molecule has 0 unspecified atom stereocenters. The highest BCUT2D eigenvalue weighted by molar-refractivity contribution is 7.80. The number of rotatable bonds is 5. The van der Waals surface area contributed by atoms with Gasteiger partial charge in [0.05, 0.1) is 13.0 Å². The molecule has 0 atom stereocenters. The van der Waals surface area contributed by atoms with Crippen LogP contribution in [-0.4, -0.2) is 51.1 Å². The maximum atomic E-state index is 11.0. The topological polar surface area (TPSA) is 96.0 Å². The molecule has 1 aromatic carbocycles. The summed E-state index contributed by atoms with van der Waals surface area (Å²) < 4.78 is 4.81. The quantitative estimate of drug-likeness (QED) is 0.484. The molecule has 0 fully saturated rings. The number of esters is 1. The first-order valence-corrected chi connectivity index (χ1v) is 9.67. The maximum absolute atomic E-state index is 11.0. The molecule has 0 spiro atoms. The summed E-state index contributed by atoms with van der Waals surface area (Å²) in [6.07, 6.45) is 1.62. The standard InChI is InChI=1S/C10H12O2.C5H11NOS.C3H8.CH3NOS/c1-2-12-10(11)8-9-6-4-3-5-7-9;1-3-6(4-2)5(7)8;1-3-2;2-1(3)4/h3-7H,2,8H2,1H3;3-4H2,1-2H3,(H,7,8);3H2,1-2H3;(H3,2,3,4). The highest BCUT2D eigenvalue weighted by atomic mass is 32.1. The Morgan fingerprint density at radius 1 is 1.04 bits per heavy atom. The van der Waals surface area contributed by atoms with E-state index in [0.717, 1.165) is 18.7 Å². The average Bonchev–Trinajstić information content (AvgIpc) is 2.57. The smallest absolute Gasteiger partial charge is 0.310 e. The third-order valence-corrected chi connectivity index (χ3v) is 2.79. The Labute approximate surface area is 174 Å². The van der Waals surface area contributed by atoms with Gasteiger partial charge in [0.15, 0.2) is 0 Å². The van der Waals surface area contributed by atoms with E-state index in [9.17, 15) is 4.79 Å². The van der Waals surface area contributed by atoms with Crippen LogP contribution < -0.4 is 5.73 Å². The van der Waals surface area contributed by atoms with Crippen LogP contribution in [0.1, 0.15) is 46.6 Å². The van der Waals surface area contributed by atoms with Crippen LogP contribution in [0.2, 0.25) is 0 Å². The van der Waals surface area contributed by atoms with Crippen LogP contribution in [0, 0.1) is 0 Å². The van der Waals surface area contributed by atoms with Gasteiger partial charge < -0.3 is 25.6 Å². The number of hydrogen-bond donors (Lipinski definition) is 3. The Hall–Kier alpha value is -1.93. The number of carbonyl (C=O) groups is 1. The molecule has 1 rings (SSSR count). The highest BCUT2D eigenvalue weighted by Gasteiger charge is 2.01. The average molecular weight is 419 g/mol. The molecule has 0 radical (unpaired) electrons. The lowest BCUT2D eigenvalue weighted by atomic mass is 10.2. The van der Waals surface area contributed by atoms with Gasteiger partial charge in [-0.25, -0.2) is 0 Å². The first kappa shape index (κ1) is 29.8. The first-order chi connectivity index (χ1) is 12.7. The van der Waals surface area contributed by atoms with Gasteiger partial charge in [-0.05, 0) is 50.8 Å². The number of nitrogens with zero attached hydrogens (tertiary/aromatic N) is 1. The van der Waals surface area contributed by atoms with Gasteiger partial charge in [-0.1, -0.05) is 50.6 Å². The molecule has 8 heteroatoms. The second-order valence-electron chi connectivity index (χ2n) is 4.97. The summed E-state index contributed by atoms with van der Waals surface area (Å²) in [6, 6.07) is 9.58. The van der Waals surface area contributed by atoms with Crippen molar-refractivity contribution in [1.29, 1.82) is 0 Å². The first-order valence-electron chi connectivity index (χ1n) is 8.85. The van der Waals surface area contributed by atoms with Crippen molar-refractivity contribution in [1.82, 2.24) is 4.90 Å². The summed E-state index contributed by atoms with van der Waals surface area (Å²) in [7, 11) is 0. The minimum Gasteiger partial charge on any atom is -0.487 e. The second-order valence-corrected chi connectivity index (χ2v) is 5.75. The predicted molar refractivity (Wildman–Crippen MR) is 120 cm³/mol. The molecule has 6 nitrogen and oxygen atoms in total. The lowest BCUT2D eigenvalue weighted by Crippen LogP contribution is -2.28. The van der Waals surface area contributed by atoms with E-state index in [-0.39, 0.29) is 11.1 Å². The minimum atomic E-state index is -0.500. The van der Waals surface area contributed by atoms with E-state index in [4.69, 9.17) is 14.9 Å². The third kappa shape index (κ3) is 26.4. The van der Waals surface area contributed by atoms with Crippen LogP contribution in [0.25, 0.3) is 0 Å². The van der Waals surface area contributed by atoms with Crippen molar-refractivity contribution in [2.45, 2.75) is 47.5 Å². The van der Waals surface area contributed by atoms with Crippen LogP contribution in [-0.2, 0) is 16.0 Å². The summed E-state index contributed by atoms with van der Waals surface area (Å²) in [4.78, 5) is 12.7. The van der Waals surface area contributed by atoms with Crippen LogP contribution in [0.15, 0.2) is 30.3 Å². The van der Waals surface area contributed by atoms with Crippen molar-refractivity contribution < 1.29 is 19.7 Å². The van der Waals surface area contributed by atoms with Crippen LogP contribution >= 0.6 is 24.4 Å². The zero-order valence-electron chi connectivity index (χ0n) is 17.0. The van der Waals surface area contributed by atoms with Gasteiger partial charge in [-0.15, -0.1) is 0 Å². The van der Waals surface area contributed by atoms with Gasteiger partial charge in [0.25, 0.3) is 10.3 Å². The Bertz CT molecular complexity index is 492. The number of benzene rings is 1. The summed E-state index contributed by atoms with van der Waals surface area (Å²) >= 11 is 8.37. The van der Waals surface area contributed by atoms with E-state index in [1.54, 1.807) is 4.90 Å². The number of thiocarbonyl (C=S) groups is 2. The molecule has 156 valence electrons. The largest absolute Gasteiger partial charge is 0.487 e. The fraction of sp³-hybridized carbons (Fsp3) is 0.526. The van der Waals surface area contributed by atoms with E-state index >= 15 is 0 Å². The molecule has 0 aromatic heterocycles. The van der Waals surface area contributed by atoms with Crippen LogP contribution in [0.4, 0.5) is 0 Å². The van der Waals surface area contributed by atoms with Gasteiger partial charge in [-0.3, -0.25) is 4.79 Å². The Morgan fingerprint density at radius 2 is 1.44 bits per heavy atom. The summed E-state index contributed by atoms with van der Waals surface area (Å²) in [6.45, 7) is 12.0. The van der Waals surface area contributed by atoms with Crippen molar-refractivity contribution in [3.05, 3.63) is 35.9 Å². The van der Waals surface area contributed by atoms with Gasteiger partial charge in [0, 0.05) is 13.1 Å². The highest BCUT2D eigenvalue weighted by Crippen LogP contribution is 2.00. The fourth-order valence-electron chi connectivity index (χ4n) is 1.47. The summed E-state index contributed by atoms with van der Waals surface area (Å²) in [5.74, 6) is -0.163. The van der Waals surface area contributed by atoms with Crippen molar-refractivity contribution >= 4 is 40.8 Å². The minimum absolute atomic E-state index is 0.00463. The lowest BCUT2D eigenvalue weighted by molar-refractivity contribution is -0.142. The van der Waals surface area contributed by atoms with Crippen molar-refractivity contribution in [2.75, 3.05) is 19.7 Å². The molecule has 27 heavy (non-hydrogen) atoms. The van der Waals surface area contributed by atoms with Crippen molar-refractivity contribution in [3.63, 3.8) is 0 Å². The lowest BCUT2D eigenvalue weighted by Gasteiger charge is -2.15. The van der Waals surface area contributed by atoms with Gasteiger partial charge in [0.2, 0.25) is 0 Å². The molecule has 0 aliphatic carbocycles. The number of aliphatic hydroxyl groups is 2. The Balaban J connectivity index is -0.000000332.